The quantitative estimate of drug-likeness (QED) is 0.555. The molecule has 0 aliphatic carbocycles. The van der Waals surface area contributed by atoms with E-state index < -0.39 is 0 Å². The average molecular weight is 292 g/mol. The molecule has 0 radical (unpaired) electrons. The molecule has 0 unspecified atom stereocenters. The maximum Gasteiger partial charge on any atom is 0.246 e. The van der Waals surface area contributed by atoms with Crippen molar-refractivity contribution in [1.29, 1.82) is 0 Å². The molecule has 0 bridgehead atoms. The van der Waals surface area contributed by atoms with E-state index >= 15 is 0 Å². The lowest BCUT2D eigenvalue weighted by Gasteiger charge is -2.34. The molecule has 1 heterocycles. The third-order valence-electron chi connectivity index (χ3n) is 3.36. The molecule has 4 heteroatoms. The third kappa shape index (κ3) is 6.54. The number of hydrogen-bond donors (Lipinski definition) is 0. The summed E-state index contributed by atoms with van der Waals surface area (Å²) in [6.07, 6.45) is 11.5. The van der Waals surface area contributed by atoms with E-state index in [-0.39, 0.29) is 5.91 Å². The fourth-order valence-electron chi connectivity index (χ4n) is 2.29. The molecule has 1 aliphatic heterocycles. The number of amides is 1. The highest BCUT2D eigenvalue weighted by Gasteiger charge is 2.18. The molecule has 0 aromatic carbocycles. The van der Waals surface area contributed by atoms with E-state index in [1.807, 2.05) is 24.0 Å². The Bertz CT molecular complexity index is 430. The first-order chi connectivity index (χ1) is 10.2. The zero-order valence-electron chi connectivity index (χ0n) is 13.0. The van der Waals surface area contributed by atoms with Gasteiger partial charge in [0.2, 0.25) is 5.91 Å². The molecule has 0 N–H and O–H groups in total. The Morgan fingerprint density at radius 1 is 1.14 bits per heavy atom. The minimum absolute atomic E-state index is 0.0192. The van der Waals surface area contributed by atoms with Gasteiger partial charge in [0.25, 0.3) is 0 Å². The normalized spacial score (nSPS) is 18.4. The number of allylic oxidation sites excluding steroid dienone is 6. The van der Waals surface area contributed by atoms with Crippen LogP contribution < -0.4 is 0 Å². The lowest BCUT2D eigenvalue weighted by Crippen LogP contribution is -2.48. The summed E-state index contributed by atoms with van der Waals surface area (Å²) in [5.41, 5.74) is 0.796. The Morgan fingerprint density at radius 3 is 2.43 bits per heavy atom. The second kappa shape index (κ2) is 10.1. The van der Waals surface area contributed by atoms with E-state index in [4.69, 9.17) is 0 Å². The van der Waals surface area contributed by atoms with Crippen molar-refractivity contribution in [3.63, 3.8) is 0 Å². The van der Waals surface area contributed by atoms with Crippen LogP contribution in [0.3, 0.4) is 0 Å². The summed E-state index contributed by atoms with van der Waals surface area (Å²) in [5, 5.41) is 0. The van der Waals surface area contributed by atoms with Gasteiger partial charge in [-0.2, -0.15) is 0 Å². The van der Waals surface area contributed by atoms with Crippen molar-refractivity contribution in [3.05, 3.63) is 48.4 Å². The molecular formula is C17H25FN2O. The highest BCUT2D eigenvalue weighted by molar-refractivity contribution is 5.88. The van der Waals surface area contributed by atoms with Crippen molar-refractivity contribution in [1.82, 2.24) is 9.80 Å². The number of rotatable bonds is 6. The van der Waals surface area contributed by atoms with Crippen molar-refractivity contribution in [2.24, 2.45) is 0 Å². The maximum atomic E-state index is 12.1. The number of hydrogen-bond acceptors (Lipinski definition) is 2. The van der Waals surface area contributed by atoms with Crippen LogP contribution in [0, 0.1) is 0 Å². The minimum Gasteiger partial charge on any atom is -0.337 e. The van der Waals surface area contributed by atoms with Gasteiger partial charge >= 0.3 is 0 Å². The summed E-state index contributed by atoms with van der Waals surface area (Å²) in [5.74, 6) is 0.0192. The van der Waals surface area contributed by atoms with E-state index in [1.165, 1.54) is 6.08 Å². The van der Waals surface area contributed by atoms with Crippen LogP contribution in [0.5, 0.6) is 0 Å². The van der Waals surface area contributed by atoms with E-state index in [0.29, 0.717) is 6.33 Å². The predicted molar refractivity (Wildman–Crippen MR) is 85.6 cm³/mol. The minimum atomic E-state index is 0.0192. The molecule has 1 fully saturated rings. The fraction of sp³-hybridized carbons (Fsp3) is 0.471. The predicted octanol–water partition coefficient (Wildman–Crippen LogP) is 3.08. The highest BCUT2D eigenvalue weighted by atomic mass is 19.1. The monoisotopic (exact) mass is 292 g/mol. The smallest absolute Gasteiger partial charge is 0.246 e. The molecule has 0 saturated carbocycles. The summed E-state index contributed by atoms with van der Waals surface area (Å²) < 4.78 is 12.0. The van der Waals surface area contributed by atoms with Crippen LogP contribution in [0.15, 0.2) is 48.4 Å². The van der Waals surface area contributed by atoms with Crippen molar-refractivity contribution in [2.75, 3.05) is 32.7 Å². The van der Waals surface area contributed by atoms with Crippen LogP contribution in [0.25, 0.3) is 0 Å². The first-order valence-corrected chi connectivity index (χ1v) is 7.50. The summed E-state index contributed by atoms with van der Waals surface area (Å²) >= 11 is 0. The molecule has 1 amide bonds. The van der Waals surface area contributed by atoms with Gasteiger partial charge in [0, 0.05) is 32.3 Å². The van der Waals surface area contributed by atoms with Crippen molar-refractivity contribution < 1.29 is 9.18 Å². The largest absolute Gasteiger partial charge is 0.337 e. The number of nitrogens with zero attached hydrogens (tertiary/aromatic N) is 2. The Hall–Kier alpha value is -1.68. The van der Waals surface area contributed by atoms with Crippen LogP contribution >= 0.6 is 0 Å². The van der Waals surface area contributed by atoms with E-state index in [1.54, 1.807) is 18.2 Å². The molecule has 3 nitrogen and oxygen atoms in total. The van der Waals surface area contributed by atoms with Gasteiger partial charge < -0.3 is 4.90 Å². The van der Waals surface area contributed by atoms with Crippen LogP contribution in [0.2, 0.25) is 0 Å². The topological polar surface area (TPSA) is 23.6 Å². The standard InChI is InChI=1S/C17H25FN2O/c1-3-6-16(7-5-10-18)8-9-17(21)20-14-12-19(11-4-2)13-15-20/h3,5-10H,4,11-15H2,1-2H3/b6-3-,9-8+,10-5+,16-7+. The lowest BCUT2D eigenvalue weighted by atomic mass is 10.2. The zero-order chi connectivity index (χ0) is 15.5. The van der Waals surface area contributed by atoms with Gasteiger partial charge in [0.1, 0.15) is 0 Å². The SMILES string of the molecule is C\C=C/C(/C=C/C(=O)N1CCN(CCC)CC1)=C\C=C\F. The first kappa shape index (κ1) is 17.4. The van der Waals surface area contributed by atoms with Crippen molar-refractivity contribution in [2.45, 2.75) is 20.3 Å². The number of piperazine rings is 1. The maximum absolute atomic E-state index is 12.1. The number of halogens is 1. The van der Waals surface area contributed by atoms with Crippen LogP contribution in [-0.4, -0.2) is 48.4 Å². The van der Waals surface area contributed by atoms with Gasteiger partial charge in [0.05, 0.1) is 6.33 Å². The summed E-state index contributed by atoms with van der Waals surface area (Å²) in [7, 11) is 0. The summed E-state index contributed by atoms with van der Waals surface area (Å²) in [6, 6.07) is 0. The van der Waals surface area contributed by atoms with Gasteiger partial charge in [-0.15, -0.1) is 0 Å². The number of carbonyl (C=O) groups excluding carboxylic acids is 1. The Morgan fingerprint density at radius 2 is 1.86 bits per heavy atom. The average Bonchev–Trinajstić information content (AvgIpc) is 2.51. The Balaban J connectivity index is 2.54. The van der Waals surface area contributed by atoms with Gasteiger partial charge in [-0.05, 0) is 37.6 Å². The molecule has 0 spiro atoms. The van der Waals surface area contributed by atoms with E-state index in [9.17, 15) is 9.18 Å². The number of carbonyl (C=O) groups is 1. The Kier molecular flexibility index (Phi) is 8.36. The van der Waals surface area contributed by atoms with Gasteiger partial charge in [-0.25, -0.2) is 4.39 Å². The molecule has 0 aromatic rings. The lowest BCUT2D eigenvalue weighted by molar-refractivity contribution is -0.127. The van der Waals surface area contributed by atoms with Crippen LogP contribution in [0.4, 0.5) is 4.39 Å². The molecular weight excluding hydrogens is 267 g/mol. The Labute approximate surface area is 127 Å². The van der Waals surface area contributed by atoms with Gasteiger partial charge in [0.15, 0.2) is 0 Å². The second-order valence-corrected chi connectivity index (χ2v) is 4.99. The molecule has 1 rings (SSSR count). The van der Waals surface area contributed by atoms with Crippen molar-refractivity contribution >= 4 is 5.91 Å². The fourth-order valence-corrected chi connectivity index (χ4v) is 2.29. The third-order valence-corrected chi connectivity index (χ3v) is 3.36. The molecule has 116 valence electrons. The summed E-state index contributed by atoms with van der Waals surface area (Å²) in [4.78, 5) is 16.4. The molecule has 1 saturated heterocycles. The second-order valence-electron chi connectivity index (χ2n) is 4.99. The van der Waals surface area contributed by atoms with Gasteiger partial charge in [-0.1, -0.05) is 25.2 Å². The van der Waals surface area contributed by atoms with Crippen molar-refractivity contribution in [3.8, 4) is 0 Å². The van der Waals surface area contributed by atoms with Crippen LogP contribution in [-0.2, 0) is 4.79 Å². The molecule has 1 aliphatic rings. The summed E-state index contributed by atoms with van der Waals surface area (Å²) in [6.45, 7) is 8.58. The highest BCUT2D eigenvalue weighted by Crippen LogP contribution is 2.06. The molecule has 0 aromatic heterocycles. The van der Waals surface area contributed by atoms with E-state index in [0.717, 1.165) is 44.7 Å². The first-order valence-electron chi connectivity index (χ1n) is 7.50. The molecule has 0 atom stereocenters. The van der Waals surface area contributed by atoms with Crippen LogP contribution in [0.1, 0.15) is 20.3 Å². The van der Waals surface area contributed by atoms with E-state index in [2.05, 4.69) is 11.8 Å². The molecule has 21 heavy (non-hydrogen) atoms. The van der Waals surface area contributed by atoms with Gasteiger partial charge in [-0.3, -0.25) is 9.69 Å². The zero-order valence-corrected chi connectivity index (χ0v) is 13.0.